The summed E-state index contributed by atoms with van der Waals surface area (Å²) in [6.45, 7) is 0. The summed E-state index contributed by atoms with van der Waals surface area (Å²) >= 11 is 0. The van der Waals surface area contributed by atoms with Crippen LogP contribution in [0, 0.1) is 0 Å². The highest BCUT2D eigenvalue weighted by atomic mass is 16.4. The molecule has 1 rings (SSSR count). The van der Waals surface area contributed by atoms with E-state index in [1.54, 1.807) is 0 Å². The highest BCUT2D eigenvalue weighted by Crippen LogP contribution is 2.21. The van der Waals surface area contributed by atoms with Gasteiger partial charge in [0.2, 0.25) is 5.91 Å². The number of phenolic OH excluding ortho intramolecular Hbond substituents is 1. The van der Waals surface area contributed by atoms with Gasteiger partial charge in [0.15, 0.2) is 0 Å². The second-order valence-electron chi connectivity index (χ2n) is 3.48. The van der Waals surface area contributed by atoms with Crippen LogP contribution >= 0.6 is 0 Å². The first-order valence-electron chi connectivity index (χ1n) is 4.98. The van der Waals surface area contributed by atoms with Crippen LogP contribution in [-0.4, -0.2) is 33.2 Å². The Morgan fingerprint density at radius 1 is 1.11 bits per heavy atom. The number of nitrogens with one attached hydrogen (secondary N) is 1. The Balaban J connectivity index is 2.81. The van der Waals surface area contributed by atoms with Gasteiger partial charge in [-0.1, -0.05) is 0 Å². The number of aliphatic carboxylic acids is 1. The van der Waals surface area contributed by atoms with E-state index in [4.69, 9.17) is 15.3 Å². The summed E-state index contributed by atoms with van der Waals surface area (Å²) in [5.74, 6) is -3.27. The Morgan fingerprint density at radius 2 is 1.78 bits per heavy atom. The molecular weight excluding hydrogens is 242 g/mol. The predicted octanol–water partition coefficient (Wildman–Crippen LogP) is 0.894. The number of phenols is 1. The van der Waals surface area contributed by atoms with E-state index < -0.39 is 17.8 Å². The van der Waals surface area contributed by atoms with Gasteiger partial charge in [-0.25, -0.2) is 4.79 Å². The van der Waals surface area contributed by atoms with E-state index in [-0.39, 0.29) is 29.8 Å². The Labute approximate surface area is 102 Å². The Bertz CT molecular complexity index is 496. The number of carbonyl (C=O) groups is 3. The fourth-order valence-electron chi connectivity index (χ4n) is 1.25. The van der Waals surface area contributed by atoms with Crippen LogP contribution in [0.3, 0.4) is 0 Å². The molecule has 0 aliphatic carbocycles. The number of aromatic carboxylic acids is 1. The van der Waals surface area contributed by atoms with E-state index >= 15 is 0 Å². The maximum absolute atomic E-state index is 11.3. The number of anilines is 1. The molecule has 0 atom stereocenters. The van der Waals surface area contributed by atoms with Gasteiger partial charge in [-0.15, -0.1) is 0 Å². The van der Waals surface area contributed by atoms with Crippen molar-refractivity contribution < 1.29 is 29.7 Å². The molecule has 7 nitrogen and oxygen atoms in total. The van der Waals surface area contributed by atoms with Crippen molar-refractivity contribution in [3.63, 3.8) is 0 Å². The molecule has 96 valence electrons. The average Bonchev–Trinajstić information content (AvgIpc) is 2.28. The van der Waals surface area contributed by atoms with Gasteiger partial charge in [0.1, 0.15) is 5.75 Å². The van der Waals surface area contributed by atoms with Crippen LogP contribution in [0.1, 0.15) is 23.2 Å². The van der Waals surface area contributed by atoms with Crippen LogP contribution in [0.2, 0.25) is 0 Å². The largest absolute Gasteiger partial charge is 0.508 e. The predicted molar refractivity (Wildman–Crippen MR) is 60.6 cm³/mol. The fraction of sp³-hybridized carbons (Fsp3) is 0.182. The molecule has 0 unspecified atom stereocenters. The molecule has 0 aliphatic heterocycles. The third-order valence-electron chi connectivity index (χ3n) is 2.07. The van der Waals surface area contributed by atoms with Crippen LogP contribution in [0.5, 0.6) is 5.75 Å². The molecule has 0 fully saturated rings. The summed E-state index contributed by atoms with van der Waals surface area (Å²) in [7, 11) is 0. The van der Waals surface area contributed by atoms with E-state index in [9.17, 15) is 14.4 Å². The first kappa shape index (κ1) is 13.5. The van der Waals surface area contributed by atoms with Crippen LogP contribution in [-0.2, 0) is 9.59 Å². The third kappa shape index (κ3) is 3.78. The normalized spacial score (nSPS) is 9.78. The van der Waals surface area contributed by atoms with Gasteiger partial charge in [-0.2, -0.15) is 0 Å². The zero-order valence-electron chi connectivity index (χ0n) is 9.21. The standard InChI is InChI=1S/C11H11NO6/c13-6-1-2-8(7(5-6)11(17)18)12-9(14)3-4-10(15)16/h1-2,5,13H,3-4H2,(H,12,14)(H,15,16)(H,17,18). The molecule has 0 radical (unpaired) electrons. The molecule has 1 aromatic carbocycles. The summed E-state index contributed by atoms with van der Waals surface area (Å²) in [6, 6.07) is 3.45. The fourth-order valence-corrected chi connectivity index (χ4v) is 1.25. The van der Waals surface area contributed by atoms with Gasteiger partial charge in [0.05, 0.1) is 17.7 Å². The summed E-state index contributed by atoms with van der Waals surface area (Å²) in [5.41, 5.74) is -0.255. The average molecular weight is 253 g/mol. The topological polar surface area (TPSA) is 124 Å². The van der Waals surface area contributed by atoms with Gasteiger partial charge < -0.3 is 20.6 Å². The van der Waals surface area contributed by atoms with Gasteiger partial charge in [0.25, 0.3) is 0 Å². The van der Waals surface area contributed by atoms with Crippen molar-refractivity contribution >= 4 is 23.5 Å². The van der Waals surface area contributed by atoms with Crippen molar-refractivity contribution in [1.29, 1.82) is 0 Å². The lowest BCUT2D eigenvalue weighted by molar-refractivity contribution is -0.138. The zero-order valence-corrected chi connectivity index (χ0v) is 9.21. The maximum atomic E-state index is 11.3. The Morgan fingerprint density at radius 3 is 2.33 bits per heavy atom. The van der Waals surface area contributed by atoms with Crippen LogP contribution in [0.25, 0.3) is 0 Å². The van der Waals surface area contributed by atoms with E-state index in [0.717, 1.165) is 6.07 Å². The number of aromatic hydroxyl groups is 1. The van der Waals surface area contributed by atoms with Gasteiger partial charge >= 0.3 is 11.9 Å². The maximum Gasteiger partial charge on any atom is 0.337 e. The van der Waals surface area contributed by atoms with Crippen molar-refractivity contribution in [2.75, 3.05) is 5.32 Å². The van der Waals surface area contributed by atoms with Gasteiger partial charge in [0, 0.05) is 6.42 Å². The monoisotopic (exact) mass is 253 g/mol. The number of carbonyl (C=O) groups excluding carboxylic acids is 1. The minimum atomic E-state index is -1.31. The molecule has 0 aliphatic rings. The van der Waals surface area contributed by atoms with Crippen LogP contribution in [0.15, 0.2) is 18.2 Å². The molecule has 1 amide bonds. The molecule has 1 aromatic rings. The van der Waals surface area contributed by atoms with E-state index in [2.05, 4.69) is 5.32 Å². The van der Waals surface area contributed by atoms with E-state index in [1.165, 1.54) is 12.1 Å². The molecule has 0 bridgehead atoms. The van der Waals surface area contributed by atoms with Gasteiger partial charge in [-0.05, 0) is 18.2 Å². The quantitative estimate of drug-likeness (QED) is 0.578. The van der Waals surface area contributed by atoms with Crippen LogP contribution in [0.4, 0.5) is 5.69 Å². The molecule has 0 aromatic heterocycles. The molecule has 0 saturated carbocycles. The number of hydrogen-bond acceptors (Lipinski definition) is 4. The molecule has 18 heavy (non-hydrogen) atoms. The minimum Gasteiger partial charge on any atom is -0.508 e. The van der Waals surface area contributed by atoms with Crippen molar-refractivity contribution in [3.05, 3.63) is 23.8 Å². The lowest BCUT2D eigenvalue weighted by Crippen LogP contribution is -2.15. The highest BCUT2D eigenvalue weighted by Gasteiger charge is 2.13. The lowest BCUT2D eigenvalue weighted by Gasteiger charge is -2.08. The summed E-state index contributed by atoms with van der Waals surface area (Å²) < 4.78 is 0. The van der Waals surface area contributed by atoms with Gasteiger partial charge in [-0.3, -0.25) is 9.59 Å². The first-order valence-corrected chi connectivity index (χ1v) is 4.98. The third-order valence-corrected chi connectivity index (χ3v) is 2.07. The molecule has 0 saturated heterocycles. The number of hydrogen-bond donors (Lipinski definition) is 4. The van der Waals surface area contributed by atoms with Crippen molar-refractivity contribution in [1.82, 2.24) is 0 Å². The van der Waals surface area contributed by atoms with Crippen molar-refractivity contribution in [2.45, 2.75) is 12.8 Å². The molecule has 0 heterocycles. The van der Waals surface area contributed by atoms with Crippen molar-refractivity contribution in [2.24, 2.45) is 0 Å². The smallest absolute Gasteiger partial charge is 0.337 e. The van der Waals surface area contributed by atoms with Crippen LogP contribution < -0.4 is 5.32 Å². The summed E-state index contributed by atoms with van der Waals surface area (Å²) in [4.78, 5) is 32.5. The molecule has 7 heteroatoms. The SMILES string of the molecule is O=C(O)CCC(=O)Nc1ccc(O)cc1C(=O)O. The molecular formula is C11H11NO6. The van der Waals surface area contributed by atoms with Crippen molar-refractivity contribution in [3.8, 4) is 5.75 Å². The summed E-state index contributed by atoms with van der Waals surface area (Å²) in [6.07, 6.45) is -0.596. The first-order chi connectivity index (χ1) is 8.40. The zero-order chi connectivity index (χ0) is 13.7. The number of amides is 1. The second kappa shape index (κ2) is 5.67. The number of carboxylic acids is 2. The molecule has 4 N–H and O–H groups in total. The number of benzene rings is 1. The number of carboxylic acid groups (broad SMARTS) is 2. The highest BCUT2D eigenvalue weighted by molar-refractivity contribution is 6.01. The molecule has 0 spiro atoms. The second-order valence-corrected chi connectivity index (χ2v) is 3.48. The Kier molecular flexibility index (Phi) is 4.25. The Hall–Kier alpha value is -2.57. The van der Waals surface area contributed by atoms with E-state index in [1.807, 2.05) is 0 Å². The summed E-state index contributed by atoms with van der Waals surface area (Å²) in [5, 5.41) is 28.7. The lowest BCUT2D eigenvalue weighted by atomic mass is 10.1. The minimum absolute atomic E-state index is 0.00990. The van der Waals surface area contributed by atoms with E-state index in [0.29, 0.717) is 0 Å². The number of rotatable bonds is 5.